The Bertz CT molecular complexity index is 480. The van der Waals surface area contributed by atoms with Crippen LogP contribution in [0.3, 0.4) is 0 Å². The van der Waals surface area contributed by atoms with Gasteiger partial charge in [-0.2, -0.15) is 0 Å². The van der Waals surface area contributed by atoms with Gasteiger partial charge in [0.1, 0.15) is 0 Å². The van der Waals surface area contributed by atoms with Crippen LogP contribution in [0.25, 0.3) is 0 Å². The van der Waals surface area contributed by atoms with E-state index in [4.69, 9.17) is 4.74 Å². The lowest BCUT2D eigenvalue weighted by molar-refractivity contribution is -0.122. The van der Waals surface area contributed by atoms with E-state index in [9.17, 15) is 13.5 Å². The average Bonchev–Trinajstić information content (AvgIpc) is 2.24. The summed E-state index contributed by atoms with van der Waals surface area (Å²) < 4.78 is 29.3. The Hall–Kier alpha value is -0.910. The van der Waals surface area contributed by atoms with E-state index in [1.54, 1.807) is 24.3 Å². The quantitative estimate of drug-likeness (QED) is 0.864. The van der Waals surface area contributed by atoms with E-state index >= 15 is 0 Å². The molecule has 0 spiro atoms. The predicted molar refractivity (Wildman–Crippen MR) is 63.6 cm³/mol. The predicted octanol–water partition coefficient (Wildman–Crippen LogP) is 0.778. The van der Waals surface area contributed by atoms with Gasteiger partial charge in [-0.05, 0) is 19.1 Å². The van der Waals surface area contributed by atoms with Crippen molar-refractivity contribution < 1.29 is 18.3 Å². The lowest BCUT2D eigenvalue weighted by Crippen LogP contribution is -2.50. The minimum Gasteiger partial charge on any atom is -0.396 e. The lowest BCUT2D eigenvalue weighted by Gasteiger charge is -2.39. The summed E-state index contributed by atoms with van der Waals surface area (Å²) in [6.45, 7) is 2.38. The third kappa shape index (κ3) is 2.51. The number of aryl methyl sites for hydroxylation is 1. The third-order valence-electron chi connectivity index (χ3n) is 3.03. The smallest absolute Gasteiger partial charge is 0.179 e. The van der Waals surface area contributed by atoms with Gasteiger partial charge < -0.3 is 9.84 Å². The minimum atomic E-state index is -3.35. The van der Waals surface area contributed by atoms with Crippen LogP contribution in [-0.4, -0.2) is 39.1 Å². The molecule has 1 aromatic rings. The largest absolute Gasteiger partial charge is 0.396 e. The van der Waals surface area contributed by atoms with Gasteiger partial charge in [-0.1, -0.05) is 17.7 Å². The molecule has 1 aliphatic heterocycles. The first kappa shape index (κ1) is 12.5. The number of hydrogen-bond acceptors (Lipinski definition) is 4. The molecule has 0 radical (unpaired) electrons. The van der Waals surface area contributed by atoms with E-state index in [1.807, 2.05) is 6.92 Å². The van der Waals surface area contributed by atoms with Gasteiger partial charge in [0.25, 0.3) is 0 Å². The summed E-state index contributed by atoms with van der Waals surface area (Å²) in [5, 5.41) is 9.25. The molecule has 0 saturated carbocycles. The van der Waals surface area contributed by atoms with Gasteiger partial charge in [0.2, 0.25) is 0 Å². The van der Waals surface area contributed by atoms with Crippen LogP contribution < -0.4 is 0 Å². The number of ether oxygens (including phenoxy) is 1. The van der Waals surface area contributed by atoms with Crippen molar-refractivity contribution in [3.63, 3.8) is 0 Å². The van der Waals surface area contributed by atoms with Crippen molar-refractivity contribution in [2.45, 2.75) is 11.8 Å². The highest BCUT2D eigenvalue weighted by molar-refractivity contribution is 7.91. The summed E-state index contributed by atoms with van der Waals surface area (Å²) in [6.07, 6.45) is 0. The second-order valence-electron chi connectivity index (χ2n) is 4.72. The molecule has 0 aromatic heterocycles. The van der Waals surface area contributed by atoms with E-state index in [0.717, 1.165) is 5.56 Å². The molecular formula is C12H16O4S. The molecule has 1 fully saturated rings. The number of sulfone groups is 1. The summed E-state index contributed by atoms with van der Waals surface area (Å²) in [7, 11) is -3.35. The number of benzene rings is 1. The molecule has 0 aliphatic carbocycles. The first-order valence-electron chi connectivity index (χ1n) is 5.46. The van der Waals surface area contributed by atoms with Crippen LogP contribution in [0.2, 0.25) is 0 Å². The Morgan fingerprint density at radius 1 is 1.29 bits per heavy atom. The van der Waals surface area contributed by atoms with Crippen LogP contribution in [0.1, 0.15) is 5.56 Å². The lowest BCUT2D eigenvalue weighted by atomic mass is 9.90. The molecule has 0 atom stereocenters. The number of aliphatic hydroxyl groups is 1. The second-order valence-corrected chi connectivity index (χ2v) is 6.71. The van der Waals surface area contributed by atoms with Gasteiger partial charge in [-0.15, -0.1) is 0 Å². The van der Waals surface area contributed by atoms with Crippen molar-refractivity contribution in [1.82, 2.24) is 0 Å². The number of rotatable bonds is 4. The van der Waals surface area contributed by atoms with Crippen LogP contribution in [0.4, 0.5) is 0 Å². The van der Waals surface area contributed by atoms with Crippen LogP contribution >= 0.6 is 0 Å². The van der Waals surface area contributed by atoms with Gasteiger partial charge >= 0.3 is 0 Å². The second kappa shape index (κ2) is 4.40. The SMILES string of the molecule is Cc1ccc(S(=O)(=O)CC2(CO)COC2)cc1. The molecule has 2 rings (SSSR count). The van der Waals surface area contributed by atoms with E-state index in [1.165, 1.54) is 0 Å². The van der Waals surface area contributed by atoms with Crippen LogP contribution in [0.15, 0.2) is 29.2 Å². The molecule has 94 valence electrons. The van der Waals surface area contributed by atoms with Crippen molar-refractivity contribution in [3.8, 4) is 0 Å². The highest BCUT2D eigenvalue weighted by Gasteiger charge is 2.42. The maximum Gasteiger partial charge on any atom is 0.179 e. The molecule has 0 amide bonds. The molecular weight excluding hydrogens is 240 g/mol. The summed E-state index contributed by atoms with van der Waals surface area (Å²) in [5.41, 5.74) is 0.414. The van der Waals surface area contributed by atoms with E-state index < -0.39 is 15.3 Å². The maximum absolute atomic E-state index is 12.1. The maximum atomic E-state index is 12.1. The first-order chi connectivity index (χ1) is 7.97. The van der Waals surface area contributed by atoms with Crippen molar-refractivity contribution in [1.29, 1.82) is 0 Å². The molecule has 4 nitrogen and oxygen atoms in total. The van der Waals surface area contributed by atoms with Crippen LogP contribution in [0, 0.1) is 12.3 Å². The number of hydrogen-bond donors (Lipinski definition) is 1. The van der Waals surface area contributed by atoms with E-state index in [0.29, 0.717) is 18.1 Å². The van der Waals surface area contributed by atoms with Gasteiger partial charge in [-0.3, -0.25) is 0 Å². The molecule has 1 saturated heterocycles. The highest BCUT2D eigenvalue weighted by atomic mass is 32.2. The normalized spacial score (nSPS) is 18.7. The molecule has 0 bridgehead atoms. The summed E-state index contributed by atoms with van der Waals surface area (Å²) in [5.74, 6) is -0.0560. The Labute approximate surface area is 101 Å². The number of aliphatic hydroxyl groups excluding tert-OH is 1. The topological polar surface area (TPSA) is 63.6 Å². The fourth-order valence-corrected chi connectivity index (χ4v) is 3.62. The Morgan fingerprint density at radius 3 is 2.29 bits per heavy atom. The zero-order chi connectivity index (χ0) is 12.5. The van der Waals surface area contributed by atoms with Gasteiger partial charge in [0, 0.05) is 0 Å². The summed E-state index contributed by atoms with van der Waals surface area (Å²) in [4.78, 5) is 0.308. The molecule has 1 N–H and O–H groups in total. The highest BCUT2D eigenvalue weighted by Crippen LogP contribution is 2.30. The minimum absolute atomic E-state index is 0.0560. The Morgan fingerprint density at radius 2 is 1.88 bits per heavy atom. The summed E-state index contributed by atoms with van der Waals surface area (Å²) in [6, 6.07) is 6.76. The van der Waals surface area contributed by atoms with E-state index in [2.05, 4.69) is 0 Å². The average molecular weight is 256 g/mol. The van der Waals surface area contributed by atoms with Gasteiger partial charge in [-0.25, -0.2) is 8.42 Å². The molecule has 1 aromatic carbocycles. The Balaban J connectivity index is 2.22. The van der Waals surface area contributed by atoms with Crippen LogP contribution in [0.5, 0.6) is 0 Å². The van der Waals surface area contributed by atoms with Gasteiger partial charge in [0.15, 0.2) is 9.84 Å². The zero-order valence-electron chi connectivity index (χ0n) is 9.72. The van der Waals surface area contributed by atoms with E-state index in [-0.39, 0.29) is 12.4 Å². The molecule has 0 unspecified atom stereocenters. The van der Waals surface area contributed by atoms with Crippen molar-refractivity contribution in [2.75, 3.05) is 25.6 Å². The van der Waals surface area contributed by atoms with Crippen molar-refractivity contribution in [3.05, 3.63) is 29.8 Å². The fraction of sp³-hybridized carbons (Fsp3) is 0.500. The molecule has 17 heavy (non-hydrogen) atoms. The van der Waals surface area contributed by atoms with Gasteiger partial charge in [0.05, 0.1) is 35.9 Å². The monoisotopic (exact) mass is 256 g/mol. The summed E-state index contributed by atoms with van der Waals surface area (Å²) >= 11 is 0. The Kier molecular flexibility index (Phi) is 3.25. The third-order valence-corrected chi connectivity index (χ3v) is 5.01. The first-order valence-corrected chi connectivity index (χ1v) is 7.11. The fourth-order valence-electron chi connectivity index (χ4n) is 1.84. The molecule has 5 heteroatoms. The molecule has 1 aliphatic rings. The standard InChI is InChI=1S/C12H16O4S/c1-10-2-4-11(5-3-10)17(14,15)9-12(6-13)7-16-8-12/h2-5,13H,6-9H2,1H3. The zero-order valence-corrected chi connectivity index (χ0v) is 10.5. The van der Waals surface area contributed by atoms with Crippen molar-refractivity contribution >= 4 is 9.84 Å². The van der Waals surface area contributed by atoms with Crippen LogP contribution in [-0.2, 0) is 14.6 Å². The molecule has 1 heterocycles. The van der Waals surface area contributed by atoms with Crippen molar-refractivity contribution in [2.24, 2.45) is 5.41 Å².